The topological polar surface area (TPSA) is 100 Å². The highest BCUT2D eigenvalue weighted by atomic mass is 32.1. The van der Waals surface area contributed by atoms with Crippen LogP contribution in [-0.2, 0) is 17.9 Å². The van der Waals surface area contributed by atoms with Crippen molar-refractivity contribution in [2.24, 2.45) is 0 Å². The van der Waals surface area contributed by atoms with E-state index in [0.29, 0.717) is 12.2 Å². The Bertz CT molecular complexity index is 651. The van der Waals surface area contributed by atoms with Crippen LogP contribution in [0.2, 0.25) is 0 Å². The summed E-state index contributed by atoms with van der Waals surface area (Å²) in [6, 6.07) is -0.294. The zero-order valence-electron chi connectivity index (χ0n) is 11.6. The number of nitrogens with one attached hydrogen (secondary N) is 1. The molecular weight excluding hydrogens is 294 g/mol. The first kappa shape index (κ1) is 15.0. The van der Waals surface area contributed by atoms with Crippen LogP contribution in [0.5, 0.6) is 0 Å². The van der Waals surface area contributed by atoms with Crippen molar-refractivity contribution in [3.8, 4) is 0 Å². The van der Waals surface area contributed by atoms with E-state index >= 15 is 0 Å². The fraction of sp³-hybridized carbons (Fsp3) is 0.333. The molecule has 0 radical (unpaired) electrons. The molecule has 2 rings (SSSR count). The van der Waals surface area contributed by atoms with Crippen LogP contribution < -0.4 is 5.32 Å². The highest BCUT2D eigenvalue weighted by Gasteiger charge is 2.13. The van der Waals surface area contributed by atoms with E-state index in [9.17, 15) is 9.59 Å². The summed E-state index contributed by atoms with van der Waals surface area (Å²) in [5.41, 5.74) is 3.11. The number of aromatic nitrogens is 3. The molecule has 0 aromatic carbocycles. The maximum absolute atomic E-state index is 12.0. The zero-order valence-corrected chi connectivity index (χ0v) is 12.4. The quantitative estimate of drug-likeness (QED) is 0.869. The molecule has 0 saturated carbocycles. The van der Waals surface area contributed by atoms with Crippen LogP contribution in [0.1, 0.15) is 10.6 Å². The molecule has 2 aromatic heterocycles. The predicted octanol–water partition coefficient (Wildman–Crippen LogP) is 1.40. The van der Waals surface area contributed by atoms with Gasteiger partial charge >= 0.3 is 12.0 Å². The summed E-state index contributed by atoms with van der Waals surface area (Å²) < 4.78 is 1.24. The molecule has 0 aliphatic heterocycles. The van der Waals surface area contributed by atoms with E-state index < -0.39 is 5.97 Å². The van der Waals surface area contributed by atoms with Crippen LogP contribution in [0, 0.1) is 6.92 Å². The summed E-state index contributed by atoms with van der Waals surface area (Å²) in [5, 5.41) is 15.2. The number of hydrogen-bond donors (Lipinski definition) is 2. The van der Waals surface area contributed by atoms with Crippen molar-refractivity contribution in [2.45, 2.75) is 20.0 Å². The summed E-state index contributed by atoms with van der Waals surface area (Å²) in [7, 11) is 1.68. The summed E-state index contributed by atoms with van der Waals surface area (Å²) in [6.45, 7) is 2.12. The van der Waals surface area contributed by atoms with Gasteiger partial charge in [0.05, 0.1) is 29.6 Å². The molecule has 0 bridgehead atoms. The normalized spacial score (nSPS) is 10.4. The van der Waals surface area contributed by atoms with E-state index in [1.807, 2.05) is 6.92 Å². The molecule has 0 fully saturated rings. The number of hydrogen-bond acceptors (Lipinski definition) is 5. The number of aryl methyl sites for hydroxylation is 1. The van der Waals surface area contributed by atoms with Gasteiger partial charge in [-0.1, -0.05) is 0 Å². The van der Waals surface area contributed by atoms with E-state index in [4.69, 9.17) is 5.11 Å². The first-order chi connectivity index (χ1) is 9.95. The molecule has 21 heavy (non-hydrogen) atoms. The Labute approximate surface area is 125 Å². The van der Waals surface area contributed by atoms with E-state index in [-0.39, 0.29) is 12.6 Å². The number of amides is 2. The van der Waals surface area contributed by atoms with Gasteiger partial charge in [0.1, 0.15) is 6.54 Å². The minimum Gasteiger partial charge on any atom is -0.480 e. The summed E-state index contributed by atoms with van der Waals surface area (Å²) >= 11 is 1.50. The third-order valence-corrected chi connectivity index (χ3v) is 3.67. The number of aliphatic carboxylic acids is 1. The van der Waals surface area contributed by atoms with Crippen molar-refractivity contribution in [3.05, 3.63) is 28.5 Å². The highest BCUT2D eigenvalue weighted by Crippen LogP contribution is 2.15. The van der Waals surface area contributed by atoms with Crippen LogP contribution in [0.25, 0.3) is 0 Å². The molecule has 0 saturated heterocycles. The molecule has 2 N–H and O–H groups in total. The highest BCUT2D eigenvalue weighted by molar-refractivity contribution is 7.09. The number of rotatable bonds is 5. The zero-order chi connectivity index (χ0) is 15.4. The van der Waals surface area contributed by atoms with E-state index in [1.54, 1.807) is 12.6 Å². The van der Waals surface area contributed by atoms with Crippen molar-refractivity contribution in [2.75, 3.05) is 12.4 Å². The summed E-state index contributed by atoms with van der Waals surface area (Å²) in [5.74, 6) is -0.992. The number of nitrogens with zero attached hydrogens (tertiary/aromatic N) is 4. The van der Waals surface area contributed by atoms with Crippen molar-refractivity contribution in [1.82, 2.24) is 19.7 Å². The number of carbonyl (C=O) groups is 2. The smallest absolute Gasteiger partial charge is 0.325 e. The molecule has 8 nitrogen and oxygen atoms in total. The molecule has 2 aromatic rings. The molecule has 2 amide bonds. The Morgan fingerprint density at radius 3 is 2.90 bits per heavy atom. The van der Waals surface area contributed by atoms with E-state index in [1.165, 1.54) is 33.3 Å². The number of urea groups is 1. The number of carboxylic acid groups (broad SMARTS) is 1. The van der Waals surface area contributed by atoms with Gasteiger partial charge in [-0.25, -0.2) is 9.78 Å². The van der Waals surface area contributed by atoms with E-state index in [0.717, 1.165) is 10.6 Å². The molecule has 0 aliphatic rings. The minimum absolute atomic E-state index is 0.244. The molecule has 2 heterocycles. The largest absolute Gasteiger partial charge is 0.480 e. The van der Waals surface area contributed by atoms with Crippen LogP contribution in [0.4, 0.5) is 10.5 Å². The van der Waals surface area contributed by atoms with Crippen molar-refractivity contribution in [3.63, 3.8) is 0 Å². The molecule has 112 valence electrons. The first-order valence-corrected chi connectivity index (χ1v) is 6.99. The van der Waals surface area contributed by atoms with Gasteiger partial charge in [-0.2, -0.15) is 5.10 Å². The average Bonchev–Trinajstić information content (AvgIpc) is 2.99. The second-order valence-electron chi connectivity index (χ2n) is 4.47. The number of anilines is 1. The maximum atomic E-state index is 12.0. The fourth-order valence-corrected chi connectivity index (χ4v) is 2.47. The Morgan fingerprint density at radius 2 is 2.29 bits per heavy atom. The number of thiazole rings is 1. The van der Waals surface area contributed by atoms with Crippen molar-refractivity contribution < 1.29 is 14.7 Å². The van der Waals surface area contributed by atoms with E-state index in [2.05, 4.69) is 15.4 Å². The Kier molecular flexibility index (Phi) is 4.53. The lowest BCUT2D eigenvalue weighted by Gasteiger charge is -2.16. The van der Waals surface area contributed by atoms with Crippen molar-refractivity contribution in [1.29, 1.82) is 0 Å². The van der Waals surface area contributed by atoms with Gasteiger partial charge in [0.2, 0.25) is 0 Å². The van der Waals surface area contributed by atoms with Crippen LogP contribution in [0.3, 0.4) is 0 Å². The Hall–Kier alpha value is -2.42. The summed E-state index contributed by atoms with van der Waals surface area (Å²) in [4.78, 5) is 29.3. The van der Waals surface area contributed by atoms with Crippen LogP contribution >= 0.6 is 11.3 Å². The molecule has 0 aliphatic carbocycles. The van der Waals surface area contributed by atoms with Gasteiger partial charge in [0.25, 0.3) is 0 Å². The maximum Gasteiger partial charge on any atom is 0.325 e. The Morgan fingerprint density at radius 1 is 1.52 bits per heavy atom. The third-order valence-electron chi connectivity index (χ3n) is 2.75. The molecule has 0 atom stereocenters. The number of carboxylic acids is 1. The Balaban J connectivity index is 1.93. The lowest BCUT2D eigenvalue weighted by molar-refractivity contribution is -0.137. The predicted molar refractivity (Wildman–Crippen MR) is 77.2 cm³/mol. The van der Waals surface area contributed by atoms with Gasteiger partial charge in [-0.05, 0) is 6.92 Å². The van der Waals surface area contributed by atoms with Crippen LogP contribution in [-0.4, -0.2) is 43.8 Å². The molecule has 0 spiro atoms. The molecule has 0 unspecified atom stereocenters. The monoisotopic (exact) mass is 309 g/mol. The first-order valence-electron chi connectivity index (χ1n) is 6.11. The minimum atomic E-state index is -0.992. The third kappa shape index (κ3) is 4.02. The van der Waals surface area contributed by atoms with Crippen molar-refractivity contribution >= 4 is 29.0 Å². The fourth-order valence-electron chi connectivity index (χ4n) is 1.64. The van der Waals surface area contributed by atoms with Gasteiger partial charge in [0, 0.05) is 18.1 Å². The second kappa shape index (κ2) is 6.35. The number of carbonyl (C=O) groups excluding carboxylic acids is 1. The van der Waals surface area contributed by atoms with Gasteiger partial charge in [0.15, 0.2) is 0 Å². The average molecular weight is 309 g/mol. The molecular formula is C12H15N5O3S. The van der Waals surface area contributed by atoms with Gasteiger partial charge < -0.3 is 15.3 Å². The van der Waals surface area contributed by atoms with Gasteiger partial charge in [-0.3, -0.25) is 9.48 Å². The SMILES string of the molecule is Cc1ncsc1CN(C)C(=O)Nc1cnn(CC(=O)O)c1. The lowest BCUT2D eigenvalue weighted by atomic mass is 10.4. The lowest BCUT2D eigenvalue weighted by Crippen LogP contribution is -2.30. The second-order valence-corrected chi connectivity index (χ2v) is 5.41. The van der Waals surface area contributed by atoms with Crippen LogP contribution in [0.15, 0.2) is 17.9 Å². The molecule has 9 heteroatoms. The summed E-state index contributed by atoms with van der Waals surface area (Å²) in [6.07, 6.45) is 2.88. The van der Waals surface area contributed by atoms with Gasteiger partial charge in [-0.15, -0.1) is 11.3 Å². The standard InChI is InChI=1S/C12H15N5O3S/c1-8-10(21-7-13-8)5-16(2)12(20)15-9-3-14-17(4-9)6-11(18)19/h3-4,7H,5-6H2,1-2H3,(H,15,20)(H,18,19).